The molecule has 0 bridgehead atoms. The highest BCUT2D eigenvalue weighted by atomic mass is 16.5. The Bertz CT molecular complexity index is 478. The molecule has 1 atom stereocenters. The van der Waals surface area contributed by atoms with Crippen molar-refractivity contribution in [2.75, 3.05) is 32.5 Å². The SMILES string of the molecule is COC1(C)CCCN(C(=O)COc2ccccc2N)C1. The van der Waals surface area contributed by atoms with Crippen LogP contribution >= 0.6 is 0 Å². The summed E-state index contributed by atoms with van der Waals surface area (Å²) in [7, 11) is 1.69. The van der Waals surface area contributed by atoms with Gasteiger partial charge in [-0.15, -0.1) is 0 Å². The molecule has 0 saturated carbocycles. The van der Waals surface area contributed by atoms with E-state index < -0.39 is 0 Å². The number of anilines is 1. The Morgan fingerprint density at radius 1 is 1.45 bits per heavy atom. The smallest absolute Gasteiger partial charge is 0.260 e. The first kappa shape index (κ1) is 14.7. The first-order chi connectivity index (χ1) is 9.54. The number of hydrogen-bond donors (Lipinski definition) is 1. The van der Waals surface area contributed by atoms with Crippen LogP contribution in [0.25, 0.3) is 0 Å². The number of ether oxygens (including phenoxy) is 2. The second kappa shape index (κ2) is 6.13. The Morgan fingerprint density at radius 2 is 2.20 bits per heavy atom. The molecule has 1 aliphatic rings. The summed E-state index contributed by atoms with van der Waals surface area (Å²) < 4.78 is 11.0. The van der Waals surface area contributed by atoms with Gasteiger partial charge in [0.05, 0.1) is 11.3 Å². The van der Waals surface area contributed by atoms with Gasteiger partial charge in [-0.2, -0.15) is 0 Å². The fraction of sp³-hybridized carbons (Fsp3) is 0.533. The standard InChI is InChI=1S/C15H22N2O3/c1-15(19-2)8-5-9-17(11-15)14(18)10-20-13-7-4-3-6-12(13)16/h3-4,6-7H,5,8-11,16H2,1-2H3. The number of likely N-dealkylation sites (tertiary alicyclic amines) is 1. The predicted molar refractivity (Wildman–Crippen MR) is 77.6 cm³/mol. The van der Waals surface area contributed by atoms with Crippen LogP contribution in [0.3, 0.4) is 0 Å². The van der Waals surface area contributed by atoms with Gasteiger partial charge in [0.25, 0.3) is 5.91 Å². The van der Waals surface area contributed by atoms with Gasteiger partial charge < -0.3 is 20.1 Å². The van der Waals surface area contributed by atoms with Crippen molar-refractivity contribution in [2.24, 2.45) is 0 Å². The summed E-state index contributed by atoms with van der Waals surface area (Å²) in [6, 6.07) is 7.18. The second-order valence-corrected chi connectivity index (χ2v) is 5.40. The summed E-state index contributed by atoms with van der Waals surface area (Å²) >= 11 is 0. The highest BCUT2D eigenvalue weighted by Crippen LogP contribution is 2.24. The molecule has 2 rings (SSSR count). The van der Waals surface area contributed by atoms with Gasteiger partial charge in [0, 0.05) is 20.2 Å². The molecule has 5 heteroatoms. The minimum atomic E-state index is -0.250. The lowest BCUT2D eigenvalue weighted by molar-refractivity contribution is -0.141. The average Bonchev–Trinajstić information content (AvgIpc) is 2.46. The second-order valence-electron chi connectivity index (χ2n) is 5.40. The number of amides is 1. The number of carbonyl (C=O) groups excluding carboxylic acids is 1. The number of rotatable bonds is 4. The Morgan fingerprint density at radius 3 is 2.90 bits per heavy atom. The van der Waals surface area contributed by atoms with E-state index in [1.165, 1.54) is 0 Å². The Kier molecular flexibility index (Phi) is 4.49. The highest BCUT2D eigenvalue weighted by molar-refractivity contribution is 5.78. The number of nitrogens with zero attached hydrogens (tertiary/aromatic N) is 1. The van der Waals surface area contributed by atoms with Crippen LogP contribution in [0.4, 0.5) is 5.69 Å². The third-order valence-electron chi connectivity index (χ3n) is 3.77. The Balaban J connectivity index is 1.90. The summed E-state index contributed by atoms with van der Waals surface area (Å²) in [6.45, 7) is 3.40. The maximum atomic E-state index is 12.2. The van der Waals surface area contributed by atoms with Gasteiger partial charge in [0.2, 0.25) is 0 Å². The van der Waals surface area contributed by atoms with E-state index in [-0.39, 0.29) is 18.1 Å². The third kappa shape index (κ3) is 3.42. The number of nitrogen functional groups attached to an aromatic ring is 1. The maximum absolute atomic E-state index is 12.2. The van der Waals surface area contributed by atoms with Gasteiger partial charge in [-0.25, -0.2) is 0 Å². The molecule has 1 saturated heterocycles. The molecule has 5 nitrogen and oxygen atoms in total. The number of benzene rings is 1. The lowest BCUT2D eigenvalue weighted by Crippen LogP contribution is -2.50. The van der Waals surface area contributed by atoms with Gasteiger partial charge in [-0.05, 0) is 31.9 Å². The molecule has 0 radical (unpaired) electrons. The number of carbonyl (C=O) groups is 1. The van der Waals surface area contributed by atoms with Crippen LogP contribution in [0.1, 0.15) is 19.8 Å². The number of methoxy groups -OCH3 is 1. The average molecular weight is 278 g/mol. The van der Waals surface area contributed by atoms with Crippen molar-refractivity contribution in [3.63, 3.8) is 0 Å². The molecule has 110 valence electrons. The zero-order chi connectivity index (χ0) is 14.6. The molecule has 1 aliphatic heterocycles. The van der Waals surface area contributed by atoms with Gasteiger partial charge in [-0.1, -0.05) is 12.1 Å². The van der Waals surface area contributed by atoms with Crippen LogP contribution in [0.2, 0.25) is 0 Å². The largest absolute Gasteiger partial charge is 0.482 e. The van der Waals surface area contributed by atoms with Crippen molar-refractivity contribution >= 4 is 11.6 Å². The van der Waals surface area contributed by atoms with Crippen LogP contribution in [0.15, 0.2) is 24.3 Å². The van der Waals surface area contributed by atoms with Crippen molar-refractivity contribution in [3.05, 3.63) is 24.3 Å². The maximum Gasteiger partial charge on any atom is 0.260 e. The predicted octanol–water partition coefficient (Wildman–Crippen LogP) is 1.68. The van der Waals surface area contributed by atoms with Gasteiger partial charge in [-0.3, -0.25) is 4.79 Å². The zero-order valence-corrected chi connectivity index (χ0v) is 12.1. The van der Waals surface area contributed by atoms with Gasteiger partial charge >= 0.3 is 0 Å². The van der Waals surface area contributed by atoms with Crippen LogP contribution in [-0.2, 0) is 9.53 Å². The molecule has 1 heterocycles. The van der Waals surface area contributed by atoms with E-state index in [2.05, 4.69) is 0 Å². The third-order valence-corrected chi connectivity index (χ3v) is 3.77. The fourth-order valence-electron chi connectivity index (χ4n) is 2.43. The summed E-state index contributed by atoms with van der Waals surface area (Å²) in [6.07, 6.45) is 1.92. The minimum Gasteiger partial charge on any atom is -0.482 e. The summed E-state index contributed by atoms with van der Waals surface area (Å²) in [5.74, 6) is 0.517. The van der Waals surface area contributed by atoms with Crippen molar-refractivity contribution in [1.82, 2.24) is 4.90 Å². The Labute approximate surface area is 119 Å². The molecule has 2 N–H and O–H groups in total. The van der Waals surface area contributed by atoms with Crippen molar-refractivity contribution in [3.8, 4) is 5.75 Å². The number of nitrogens with two attached hydrogens (primary N) is 1. The van der Waals surface area contributed by atoms with Crippen molar-refractivity contribution in [2.45, 2.75) is 25.4 Å². The molecule has 20 heavy (non-hydrogen) atoms. The first-order valence-electron chi connectivity index (χ1n) is 6.84. The van der Waals surface area contributed by atoms with E-state index in [4.69, 9.17) is 15.2 Å². The molecule has 1 aromatic carbocycles. The number of para-hydroxylation sites is 2. The Hall–Kier alpha value is -1.75. The van der Waals surface area contributed by atoms with Crippen LogP contribution in [0.5, 0.6) is 5.75 Å². The summed E-state index contributed by atoms with van der Waals surface area (Å²) in [5, 5.41) is 0. The lowest BCUT2D eigenvalue weighted by atomic mass is 9.95. The molecule has 0 aromatic heterocycles. The molecular weight excluding hydrogens is 256 g/mol. The molecular formula is C15H22N2O3. The lowest BCUT2D eigenvalue weighted by Gasteiger charge is -2.39. The van der Waals surface area contributed by atoms with Gasteiger partial charge in [0.15, 0.2) is 6.61 Å². The van der Waals surface area contributed by atoms with Crippen molar-refractivity contribution in [1.29, 1.82) is 0 Å². The van der Waals surface area contributed by atoms with Crippen LogP contribution in [0, 0.1) is 0 Å². The first-order valence-corrected chi connectivity index (χ1v) is 6.84. The molecule has 1 unspecified atom stereocenters. The molecule has 0 aliphatic carbocycles. The van der Waals surface area contributed by atoms with Crippen LogP contribution in [-0.4, -0.2) is 43.2 Å². The van der Waals surface area contributed by atoms with E-state index in [0.717, 1.165) is 19.4 Å². The zero-order valence-electron chi connectivity index (χ0n) is 12.1. The molecule has 1 amide bonds. The fourth-order valence-corrected chi connectivity index (χ4v) is 2.43. The monoisotopic (exact) mass is 278 g/mol. The van der Waals surface area contributed by atoms with Gasteiger partial charge in [0.1, 0.15) is 5.75 Å². The number of piperidine rings is 1. The summed E-state index contributed by atoms with van der Waals surface area (Å²) in [4.78, 5) is 14.0. The van der Waals surface area contributed by atoms with E-state index in [0.29, 0.717) is 18.0 Å². The minimum absolute atomic E-state index is 0.00794. The summed E-state index contributed by atoms with van der Waals surface area (Å²) in [5.41, 5.74) is 6.07. The van der Waals surface area contributed by atoms with E-state index in [9.17, 15) is 4.79 Å². The van der Waals surface area contributed by atoms with E-state index in [1.54, 1.807) is 24.1 Å². The quantitative estimate of drug-likeness (QED) is 0.851. The van der Waals surface area contributed by atoms with E-state index >= 15 is 0 Å². The normalized spacial score (nSPS) is 22.6. The molecule has 0 spiro atoms. The van der Waals surface area contributed by atoms with Crippen molar-refractivity contribution < 1.29 is 14.3 Å². The highest BCUT2D eigenvalue weighted by Gasteiger charge is 2.33. The number of hydrogen-bond acceptors (Lipinski definition) is 4. The van der Waals surface area contributed by atoms with Crippen LogP contribution < -0.4 is 10.5 Å². The van der Waals surface area contributed by atoms with E-state index in [1.807, 2.05) is 19.1 Å². The molecule has 1 aromatic rings. The molecule has 1 fully saturated rings. The topological polar surface area (TPSA) is 64.8 Å².